The number of nitrogens with zero attached hydrogens (tertiary/aromatic N) is 6. The van der Waals surface area contributed by atoms with Gasteiger partial charge in [-0.3, -0.25) is 4.68 Å². The fraction of sp³-hybridized carbons (Fsp3) is 0.421. The van der Waals surface area contributed by atoms with Gasteiger partial charge in [0.2, 0.25) is 5.95 Å². The normalized spacial score (nSPS) is 17.5. The number of hydrogen-bond acceptors (Lipinski definition) is 7. The van der Waals surface area contributed by atoms with Crippen molar-refractivity contribution < 1.29 is 0 Å². The molecule has 0 bridgehead atoms. The van der Waals surface area contributed by atoms with E-state index in [4.69, 9.17) is 4.98 Å². The minimum atomic E-state index is -0.217. The van der Waals surface area contributed by atoms with Gasteiger partial charge in [-0.05, 0) is 56.1 Å². The molecule has 0 aliphatic heterocycles. The van der Waals surface area contributed by atoms with Gasteiger partial charge >= 0.3 is 0 Å². The van der Waals surface area contributed by atoms with Crippen LogP contribution >= 0.6 is 11.5 Å². The zero-order chi connectivity index (χ0) is 18.4. The summed E-state index contributed by atoms with van der Waals surface area (Å²) in [7, 11) is 0. The van der Waals surface area contributed by atoms with Gasteiger partial charge in [0, 0.05) is 23.5 Å². The molecule has 0 atom stereocenters. The van der Waals surface area contributed by atoms with Gasteiger partial charge in [0.1, 0.15) is 5.00 Å². The van der Waals surface area contributed by atoms with Crippen LogP contribution in [0.5, 0.6) is 0 Å². The summed E-state index contributed by atoms with van der Waals surface area (Å²) in [6.45, 7) is 2.62. The van der Waals surface area contributed by atoms with E-state index in [-0.39, 0.29) is 5.41 Å². The molecule has 8 heteroatoms. The molecule has 3 heterocycles. The van der Waals surface area contributed by atoms with E-state index in [1.165, 1.54) is 29.9 Å². The quantitative estimate of drug-likeness (QED) is 0.697. The lowest BCUT2D eigenvalue weighted by Gasteiger charge is -2.09. The predicted molar refractivity (Wildman–Crippen MR) is 103 cm³/mol. The average molecular weight is 377 g/mol. The van der Waals surface area contributed by atoms with Crippen LogP contribution in [0.3, 0.4) is 0 Å². The molecule has 0 amide bonds. The SMILES string of the molecule is Cc1cc(Nc2ncc(C3CC3)c(-c3cnn(CC4(C#N)CC4)c3)n2)sn1. The maximum atomic E-state index is 9.32. The first-order valence-electron chi connectivity index (χ1n) is 9.15. The highest BCUT2D eigenvalue weighted by Gasteiger charge is 2.43. The molecule has 2 saturated carbocycles. The van der Waals surface area contributed by atoms with Crippen molar-refractivity contribution in [1.82, 2.24) is 24.1 Å². The summed E-state index contributed by atoms with van der Waals surface area (Å²) in [5.41, 5.74) is 3.86. The van der Waals surface area contributed by atoms with Crippen molar-refractivity contribution in [2.24, 2.45) is 5.41 Å². The van der Waals surface area contributed by atoms with E-state index >= 15 is 0 Å². The minimum absolute atomic E-state index is 0.217. The van der Waals surface area contributed by atoms with E-state index in [9.17, 15) is 5.26 Å². The van der Waals surface area contributed by atoms with Gasteiger partial charge in [0.05, 0.1) is 35.6 Å². The van der Waals surface area contributed by atoms with Gasteiger partial charge < -0.3 is 5.32 Å². The summed E-state index contributed by atoms with van der Waals surface area (Å²) >= 11 is 1.40. The molecule has 27 heavy (non-hydrogen) atoms. The molecule has 0 radical (unpaired) electrons. The first-order valence-corrected chi connectivity index (χ1v) is 9.93. The monoisotopic (exact) mass is 377 g/mol. The molecule has 1 N–H and O–H groups in total. The zero-order valence-electron chi connectivity index (χ0n) is 15.0. The Morgan fingerprint density at radius 2 is 2.22 bits per heavy atom. The number of nitrogens with one attached hydrogen (secondary N) is 1. The van der Waals surface area contributed by atoms with E-state index in [1.807, 2.05) is 36.3 Å². The van der Waals surface area contributed by atoms with Crippen LogP contribution < -0.4 is 5.32 Å². The number of nitriles is 1. The van der Waals surface area contributed by atoms with Crippen LogP contribution in [-0.4, -0.2) is 24.1 Å². The second-order valence-corrected chi connectivity index (χ2v) is 8.35. The molecule has 2 fully saturated rings. The number of hydrogen-bond donors (Lipinski definition) is 1. The highest BCUT2D eigenvalue weighted by molar-refractivity contribution is 7.10. The number of rotatable bonds is 6. The van der Waals surface area contributed by atoms with Crippen molar-refractivity contribution in [3.8, 4) is 17.3 Å². The first kappa shape index (κ1) is 16.4. The fourth-order valence-electron chi connectivity index (χ4n) is 3.25. The number of aryl methyl sites for hydroxylation is 1. The second-order valence-electron chi connectivity index (χ2n) is 7.55. The highest BCUT2D eigenvalue weighted by Crippen LogP contribution is 2.47. The average Bonchev–Trinajstić information content (AvgIpc) is 3.57. The maximum Gasteiger partial charge on any atom is 0.228 e. The van der Waals surface area contributed by atoms with Crippen LogP contribution in [0, 0.1) is 23.7 Å². The van der Waals surface area contributed by atoms with Crippen LogP contribution in [-0.2, 0) is 6.54 Å². The van der Waals surface area contributed by atoms with Gasteiger partial charge in [-0.25, -0.2) is 9.97 Å². The Hall–Kier alpha value is -2.79. The van der Waals surface area contributed by atoms with Crippen LogP contribution in [0.4, 0.5) is 10.9 Å². The molecular weight excluding hydrogens is 358 g/mol. The third kappa shape index (κ3) is 3.30. The van der Waals surface area contributed by atoms with E-state index < -0.39 is 0 Å². The summed E-state index contributed by atoms with van der Waals surface area (Å²) in [4.78, 5) is 9.30. The van der Waals surface area contributed by atoms with E-state index in [2.05, 4.69) is 25.8 Å². The van der Waals surface area contributed by atoms with Gasteiger partial charge in [-0.1, -0.05) is 0 Å². The molecule has 0 spiro atoms. The van der Waals surface area contributed by atoms with E-state index in [0.29, 0.717) is 18.4 Å². The fourth-order valence-corrected chi connectivity index (χ4v) is 3.90. The molecule has 0 unspecified atom stereocenters. The molecule has 0 aromatic carbocycles. The van der Waals surface area contributed by atoms with Crippen molar-refractivity contribution in [3.05, 3.63) is 35.9 Å². The molecule has 2 aliphatic rings. The van der Waals surface area contributed by atoms with Crippen molar-refractivity contribution in [3.63, 3.8) is 0 Å². The van der Waals surface area contributed by atoms with Crippen LogP contribution in [0.25, 0.3) is 11.3 Å². The van der Waals surface area contributed by atoms with Crippen molar-refractivity contribution in [2.75, 3.05) is 5.32 Å². The Morgan fingerprint density at radius 3 is 2.89 bits per heavy atom. The Labute approximate surface area is 161 Å². The Balaban J connectivity index is 1.45. The molecule has 3 aromatic rings. The first-order chi connectivity index (χ1) is 13.1. The van der Waals surface area contributed by atoms with Crippen molar-refractivity contribution >= 4 is 22.5 Å². The van der Waals surface area contributed by atoms with Crippen LogP contribution in [0.2, 0.25) is 0 Å². The lowest BCUT2D eigenvalue weighted by molar-refractivity contribution is 0.486. The molecule has 3 aromatic heterocycles. The van der Waals surface area contributed by atoms with Gasteiger partial charge in [0.15, 0.2) is 0 Å². The van der Waals surface area contributed by atoms with Crippen molar-refractivity contribution in [2.45, 2.75) is 45.1 Å². The number of aromatic nitrogens is 5. The minimum Gasteiger partial charge on any atom is -0.314 e. The Kier molecular flexibility index (Phi) is 3.72. The predicted octanol–water partition coefficient (Wildman–Crippen LogP) is 4.03. The van der Waals surface area contributed by atoms with E-state index in [1.54, 1.807) is 0 Å². The Bertz CT molecular complexity index is 1040. The molecule has 5 rings (SSSR count). The summed E-state index contributed by atoms with van der Waals surface area (Å²) < 4.78 is 6.16. The second kappa shape index (κ2) is 6.13. The zero-order valence-corrected chi connectivity index (χ0v) is 15.8. The maximum absolute atomic E-state index is 9.32. The number of anilines is 2. The third-order valence-electron chi connectivity index (χ3n) is 5.16. The molecule has 136 valence electrons. The largest absolute Gasteiger partial charge is 0.314 e. The highest BCUT2D eigenvalue weighted by atomic mass is 32.1. The topological polar surface area (TPSA) is 92.3 Å². The molecule has 7 nitrogen and oxygen atoms in total. The van der Waals surface area contributed by atoms with Gasteiger partial charge in [-0.2, -0.15) is 14.7 Å². The smallest absolute Gasteiger partial charge is 0.228 e. The summed E-state index contributed by atoms with van der Waals surface area (Å²) in [6.07, 6.45) is 10.1. The lowest BCUT2D eigenvalue weighted by Crippen LogP contribution is -2.09. The molecule has 0 saturated heterocycles. The Morgan fingerprint density at radius 1 is 1.37 bits per heavy atom. The van der Waals surface area contributed by atoms with Gasteiger partial charge in [-0.15, -0.1) is 0 Å². The lowest BCUT2D eigenvalue weighted by atomic mass is 10.1. The summed E-state index contributed by atoms with van der Waals surface area (Å²) in [5.74, 6) is 1.11. The van der Waals surface area contributed by atoms with Gasteiger partial charge in [0.25, 0.3) is 0 Å². The third-order valence-corrected chi connectivity index (χ3v) is 5.96. The molecule has 2 aliphatic carbocycles. The summed E-state index contributed by atoms with van der Waals surface area (Å²) in [5, 5.41) is 18.0. The standard InChI is InChI=1S/C19H19N7S/c1-12-6-16(27-25-12)23-18-21-8-15(13-2-3-13)17(24-18)14-7-22-26(9-14)11-19(10-20)4-5-19/h6-9,13H,2-5,11H2,1H3,(H,21,23,24). The summed E-state index contributed by atoms with van der Waals surface area (Å²) in [6, 6.07) is 4.41. The van der Waals surface area contributed by atoms with E-state index in [0.717, 1.165) is 34.8 Å². The van der Waals surface area contributed by atoms with Crippen molar-refractivity contribution in [1.29, 1.82) is 5.26 Å². The molecular formula is C19H19N7S. The van der Waals surface area contributed by atoms with Crippen LogP contribution in [0.1, 0.15) is 42.9 Å². The van der Waals surface area contributed by atoms with Crippen LogP contribution in [0.15, 0.2) is 24.7 Å².